The lowest BCUT2D eigenvalue weighted by Gasteiger charge is -2.37. The van der Waals surface area contributed by atoms with Crippen molar-refractivity contribution in [3.8, 4) is 5.75 Å². The third-order valence-corrected chi connectivity index (χ3v) is 5.06. The first-order chi connectivity index (χ1) is 13.4. The molecule has 7 heteroatoms. The molecule has 0 amide bonds. The van der Waals surface area contributed by atoms with Gasteiger partial charge in [0.05, 0.1) is 23.7 Å². The zero-order valence-corrected chi connectivity index (χ0v) is 16.8. The normalized spacial score (nSPS) is 24.2. The molecule has 1 aliphatic carbocycles. The van der Waals surface area contributed by atoms with Crippen LogP contribution in [0, 0.1) is 11.8 Å². The van der Waals surface area contributed by atoms with Gasteiger partial charge in [-0.25, -0.2) is 4.79 Å². The van der Waals surface area contributed by atoms with Gasteiger partial charge in [0.15, 0.2) is 0 Å². The number of rotatable bonds is 7. The maximum Gasteiger partial charge on any atom is 0.332 e. The van der Waals surface area contributed by atoms with Crippen molar-refractivity contribution in [1.29, 1.82) is 0 Å². The topological polar surface area (TPSA) is 71.1 Å². The number of ether oxygens (including phenoxy) is 4. The molecule has 1 aliphatic heterocycles. The highest BCUT2D eigenvalue weighted by Gasteiger charge is 2.41. The van der Waals surface area contributed by atoms with Crippen LogP contribution in [0.5, 0.6) is 5.75 Å². The van der Waals surface area contributed by atoms with Gasteiger partial charge in [-0.1, -0.05) is 37.6 Å². The summed E-state index contributed by atoms with van der Waals surface area (Å²) in [4.78, 5) is 24.5. The Hall–Kier alpha value is -2.05. The molecule has 2 aliphatic rings. The predicted octanol–water partition coefficient (Wildman–Crippen LogP) is 3.91. The maximum absolute atomic E-state index is 12.8. The van der Waals surface area contributed by atoms with E-state index in [9.17, 15) is 9.59 Å². The molecular weight excluding hydrogens is 384 g/mol. The first-order valence-electron chi connectivity index (χ1n) is 9.53. The number of carbonyl (C=O) groups excluding carboxylic acids is 2. The summed E-state index contributed by atoms with van der Waals surface area (Å²) in [5, 5.41) is 0.430. The molecule has 1 aromatic rings. The van der Waals surface area contributed by atoms with Crippen LogP contribution in [-0.2, 0) is 23.8 Å². The van der Waals surface area contributed by atoms with Crippen LogP contribution in [0.2, 0.25) is 5.02 Å². The van der Waals surface area contributed by atoms with Crippen LogP contribution in [0.25, 0.3) is 0 Å². The fourth-order valence-electron chi connectivity index (χ4n) is 3.29. The third-order valence-electron chi connectivity index (χ3n) is 4.74. The number of carbonyl (C=O) groups is 2. The summed E-state index contributed by atoms with van der Waals surface area (Å²) >= 11 is 6.09. The van der Waals surface area contributed by atoms with E-state index >= 15 is 0 Å². The van der Waals surface area contributed by atoms with Crippen LogP contribution in [0.1, 0.15) is 33.1 Å². The van der Waals surface area contributed by atoms with Crippen molar-refractivity contribution >= 4 is 23.4 Å². The standard InChI is InChI=1S/C21H25ClO6/c1-13(2)10-27-20(23)12-25-14-7-8-15-18(9-14)26-11-19(21(15)24)28-17-6-4-3-5-16(17)22/h3-6,11,13-15,18H,7-10,12H2,1-2H3. The second kappa shape index (κ2) is 9.43. The Morgan fingerprint density at radius 3 is 2.82 bits per heavy atom. The van der Waals surface area contributed by atoms with E-state index in [1.807, 2.05) is 13.8 Å². The predicted molar refractivity (Wildman–Crippen MR) is 103 cm³/mol. The van der Waals surface area contributed by atoms with Crippen LogP contribution in [-0.4, -0.2) is 37.2 Å². The summed E-state index contributed by atoms with van der Waals surface area (Å²) in [5.74, 6) is 0.122. The van der Waals surface area contributed by atoms with Gasteiger partial charge in [0.1, 0.15) is 24.7 Å². The Kier molecular flexibility index (Phi) is 6.97. The summed E-state index contributed by atoms with van der Waals surface area (Å²) < 4.78 is 22.2. The molecule has 1 fully saturated rings. The van der Waals surface area contributed by atoms with Crippen molar-refractivity contribution in [3.05, 3.63) is 41.3 Å². The van der Waals surface area contributed by atoms with E-state index < -0.39 is 0 Å². The fraction of sp³-hybridized carbons (Fsp3) is 0.524. The molecule has 3 unspecified atom stereocenters. The quantitative estimate of drug-likeness (QED) is 0.637. The van der Waals surface area contributed by atoms with E-state index in [2.05, 4.69) is 0 Å². The van der Waals surface area contributed by atoms with Crippen LogP contribution in [0.3, 0.4) is 0 Å². The maximum atomic E-state index is 12.8. The zero-order chi connectivity index (χ0) is 20.1. The molecule has 1 heterocycles. The summed E-state index contributed by atoms with van der Waals surface area (Å²) in [6.07, 6.45) is 2.76. The van der Waals surface area contributed by atoms with Crippen LogP contribution < -0.4 is 4.74 Å². The number of allylic oxidation sites excluding steroid dienone is 1. The smallest absolute Gasteiger partial charge is 0.332 e. The SMILES string of the molecule is CC(C)COC(=O)COC1CCC2C(=O)C(Oc3ccccc3Cl)=COC2C1. The van der Waals surface area contributed by atoms with E-state index in [1.165, 1.54) is 6.26 Å². The zero-order valence-electron chi connectivity index (χ0n) is 16.1. The average molecular weight is 409 g/mol. The minimum atomic E-state index is -0.369. The number of Topliss-reactive ketones (excluding diaryl/α,β-unsaturated/α-hetero) is 1. The molecule has 28 heavy (non-hydrogen) atoms. The number of hydrogen-bond donors (Lipinski definition) is 0. The molecule has 6 nitrogen and oxygen atoms in total. The lowest BCUT2D eigenvalue weighted by atomic mass is 9.80. The van der Waals surface area contributed by atoms with Crippen molar-refractivity contribution in [2.24, 2.45) is 11.8 Å². The molecule has 0 spiro atoms. The Morgan fingerprint density at radius 2 is 2.07 bits per heavy atom. The molecule has 0 N–H and O–H groups in total. The average Bonchev–Trinajstić information content (AvgIpc) is 2.68. The van der Waals surface area contributed by atoms with E-state index in [1.54, 1.807) is 24.3 Å². The summed E-state index contributed by atoms with van der Waals surface area (Å²) in [5.41, 5.74) is 0. The summed E-state index contributed by atoms with van der Waals surface area (Å²) in [6, 6.07) is 6.97. The van der Waals surface area contributed by atoms with E-state index in [4.69, 9.17) is 30.5 Å². The largest absolute Gasteiger partial charge is 0.493 e. The summed E-state index contributed by atoms with van der Waals surface area (Å²) in [6.45, 7) is 4.25. The van der Waals surface area contributed by atoms with Gasteiger partial charge in [0, 0.05) is 6.42 Å². The molecule has 0 bridgehead atoms. The molecule has 3 atom stereocenters. The number of benzene rings is 1. The van der Waals surface area contributed by atoms with Gasteiger partial charge in [-0.2, -0.15) is 0 Å². The molecule has 152 valence electrons. The third kappa shape index (κ3) is 5.26. The van der Waals surface area contributed by atoms with E-state index in [-0.39, 0.29) is 48.2 Å². The molecule has 1 aromatic carbocycles. The van der Waals surface area contributed by atoms with Gasteiger partial charge < -0.3 is 18.9 Å². The molecule has 3 rings (SSSR count). The molecule has 0 saturated heterocycles. The van der Waals surface area contributed by atoms with Gasteiger partial charge in [0.25, 0.3) is 0 Å². The molecule has 0 radical (unpaired) electrons. The Balaban J connectivity index is 1.52. The second-order valence-electron chi connectivity index (χ2n) is 7.48. The molecule has 1 saturated carbocycles. The Bertz CT molecular complexity index is 744. The monoisotopic (exact) mass is 408 g/mol. The van der Waals surface area contributed by atoms with Gasteiger partial charge in [-0.3, -0.25) is 4.79 Å². The minimum absolute atomic E-state index is 0.0839. The number of para-hydroxylation sites is 1. The Labute approximate surface area is 169 Å². The van der Waals surface area contributed by atoms with E-state index in [0.717, 1.165) is 0 Å². The van der Waals surface area contributed by atoms with Crippen molar-refractivity contribution in [1.82, 2.24) is 0 Å². The van der Waals surface area contributed by atoms with Crippen molar-refractivity contribution in [2.45, 2.75) is 45.3 Å². The first kappa shape index (κ1) is 20.7. The number of esters is 1. The second-order valence-corrected chi connectivity index (χ2v) is 7.89. The fourth-order valence-corrected chi connectivity index (χ4v) is 3.47. The Morgan fingerprint density at radius 1 is 1.29 bits per heavy atom. The number of fused-ring (bicyclic) bond motifs is 1. The van der Waals surface area contributed by atoms with Gasteiger partial charge >= 0.3 is 5.97 Å². The summed E-state index contributed by atoms with van der Waals surface area (Å²) in [7, 11) is 0. The van der Waals surface area contributed by atoms with E-state index in [0.29, 0.717) is 36.6 Å². The van der Waals surface area contributed by atoms with Crippen LogP contribution in [0.15, 0.2) is 36.3 Å². The highest BCUT2D eigenvalue weighted by atomic mass is 35.5. The van der Waals surface area contributed by atoms with Gasteiger partial charge in [-0.05, 0) is 30.9 Å². The van der Waals surface area contributed by atoms with Gasteiger partial charge in [-0.15, -0.1) is 0 Å². The highest BCUT2D eigenvalue weighted by Crippen LogP contribution is 2.36. The number of ketones is 1. The van der Waals surface area contributed by atoms with Crippen LogP contribution in [0.4, 0.5) is 0 Å². The van der Waals surface area contributed by atoms with Crippen molar-refractivity contribution in [2.75, 3.05) is 13.2 Å². The van der Waals surface area contributed by atoms with Crippen molar-refractivity contribution < 1.29 is 28.5 Å². The first-order valence-corrected chi connectivity index (χ1v) is 9.91. The van der Waals surface area contributed by atoms with Crippen LogP contribution >= 0.6 is 11.6 Å². The number of hydrogen-bond acceptors (Lipinski definition) is 6. The highest BCUT2D eigenvalue weighted by molar-refractivity contribution is 6.32. The lowest BCUT2D eigenvalue weighted by Crippen LogP contribution is -2.43. The molecular formula is C21H25ClO6. The van der Waals surface area contributed by atoms with Gasteiger partial charge in [0.2, 0.25) is 11.5 Å². The lowest BCUT2D eigenvalue weighted by molar-refractivity contribution is -0.155. The number of halogens is 1. The minimum Gasteiger partial charge on any atom is -0.493 e. The molecule has 0 aromatic heterocycles. The van der Waals surface area contributed by atoms with Crippen molar-refractivity contribution in [3.63, 3.8) is 0 Å².